The van der Waals surface area contributed by atoms with Gasteiger partial charge >= 0.3 is 0 Å². The molecule has 3 saturated carbocycles. The van der Waals surface area contributed by atoms with Crippen molar-refractivity contribution in [3.8, 4) is 0 Å². The van der Waals surface area contributed by atoms with E-state index in [9.17, 15) is 4.79 Å². The Labute approximate surface area is 167 Å². The first-order chi connectivity index (χ1) is 12.4. The van der Waals surface area contributed by atoms with Crippen molar-refractivity contribution in [3.05, 3.63) is 11.6 Å². The number of hydrogen-bond donors (Lipinski definition) is 0. The summed E-state index contributed by atoms with van der Waals surface area (Å²) in [6.07, 6.45) is 10.2. The lowest BCUT2D eigenvalue weighted by Gasteiger charge is -2.61. The smallest absolute Gasteiger partial charge is 0.184 e. The summed E-state index contributed by atoms with van der Waals surface area (Å²) in [5.74, 6) is 3.40. The van der Waals surface area contributed by atoms with Crippen molar-refractivity contribution in [2.75, 3.05) is 0 Å². The maximum atomic E-state index is 12.1. The van der Waals surface area contributed by atoms with Crippen LogP contribution in [0.15, 0.2) is 11.6 Å². The molecular formula is C24H40O2Si. The molecule has 0 spiro atoms. The molecule has 0 bridgehead atoms. The Morgan fingerprint density at radius 1 is 1.04 bits per heavy atom. The molecule has 4 rings (SSSR count). The van der Waals surface area contributed by atoms with Gasteiger partial charge in [0, 0.05) is 6.42 Å². The van der Waals surface area contributed by atoms with Crippen LogP contribution in [0.4, 0.5) is 0 Å². The fourth-order valence-electron chi connectivity index (χ4n) is 7.98. The standard InChI is InChI=1S/C24H40O2Si/c1-16-14-17-15-18(25)8-11-22(17,2)19-9-12-23(3)20(21(16)19)10-13-24(23,4)26-27(5,6)7/h15-16,19-21H,8-14H2,1-7H3/t16?,19?,20?,21?,22?,23?,24-/m1/s1. The first-order valence-electron chi connectivity index (χ1n) is 11.3. The van der Waals surface area contributed by atoms with Crippen LogP contribution in [0.1, 0.15) is 72.6 Å². The molecule has 0 aromatic rings. The van der Waals surface area contributed by atoms with Crippen molar-refractivity contribution < 1.29 is 9.22 Å². The molecule has 0 heterocycles. The highest BCUT2D eigenvalue weighted by Gasteiger charge is 2.64. The molecule has 3 fully saturated rings. The fourth-order valence-corrected chi connectivity index (χ4v) is 9.66. The number of hydrogen-bond acceptors (Lipinski definition) is 2. The molecule has 152 valence electrons. The van der Waals surface area contributed by atoms with Gasteiger partial charge in [0.05, 0.1) is 5.60 Å². The lowest BCUT2D eigenvalue weighted by Crippen LogP contribution is -2.58. The zero-order valence-corrected chi connectivity index (χ0v) is 19.7. The molecule has 0 amide bonds. The summed E-state index contributed by atoms with van der Waals surface area (Å²) in [5.41, 5.74) is 2.11. The molecule has 7 atom stereocenters. The Morgan fingerprint density at radius 3 is 2.37 bits per heavy atom. The predicted octanol–water partition coefficient (Wildman–Crippen LogP) is 6.37. The number of carbonyl (C=O) groups is 1. The summed E-state index contributed by atoms with van der Waals surface area (Å²) < 4.78 is 6.90. The van der Waals surface area contributed by atoms with E-state index >= 15 is 0 Å². The van der Waals surface area contributed by atoms with E-state index in [1.165, 1.54) is 31.3 Å². The number of allylic oxidation sites excluding steroid dienone is 1. The minimum absolute atomic E-state index is 0.0480. The normalized spacial score (nSPS) is 49.9. The Bertz CT molecular complexity index is 676. The number of carbonyl (C=O) groups excluding carboxylic acids is 1. The monoisotopic (exact) mass is 388 g/mol. The van der Waals surface area contributed by atoms with Crippen LogP contribution in [-0.4, -0.2) is 19.7 Å². The average molecular weight is 389 g/mol. The summed E-state index contributed by atoms with van der Waals surface area (Å²) in [4.78, 5) is 12.1. The molecule has 0 N–H and O–H groups in total. The molecule has 3 heteroatoms. The highest BCUT2D eigenvalue weighted by atomic mass is 28.4. The van der Waals surface area contributed by atoms with Crippen LogP contribution in [0.2, 0.25) is 19.6 Å². The predicted molar refractivity (Wildman–Crippen MR) is 114 cm³/mol. The molecule has 27 heavy (non-hydrogen) atoms. The molecule has 0 aromatic carbocycles. The van der Waals surface area contributed by atoms with Gasteiger partial charge in [0.15, 0.2) is 14.1 Å². The summed E-state index contributed by atoms with van der Waals surface area (Å²) in [6, 6.07) is 0. The fraction of sp³-hybridized carbons (Fsp3) is 0.875. The zero-order chi connectivity index (χ0) is 19.8. The van der Waals surface area contributed by atoms with Crippen LogP contribution in [0, 0.1) is 34.5 Å². The van der Waals surface area contributed by atoms with E-state index in [-0.39, 0.29) is 11.0 Å². The Balaban J connectivity index is 1.69. The van der Waals surface area contributed by atoms with Gasteiger partial charge in [-0.25, -0.2) is 0 Å². The van der Waals surface area contributed by atoms with Gasteiger partial charge in [0.25, 0.3) is 0 Å². The quantitative estimate of drug-likeness (QED) is 0.513. The molecule has 4 aliphatic carbocycles. The van der Waals surface area contributed by atoms with E-state index in [2.05, 4.69) is 47.3 Å². The van der Waals surface area contributed by atoms with Crippen molar-refractivity contribution >= 4 is 14.1 Å². The topological polar surface area (TPSA) is 26.3 Å². The van der Waals surface area contributed by atoms with E-state index in [0.717, 1.165) is 37.0 Å². The van der Waals surface area contributed by atoms with Gasteiger partial charge in [0.2, 0.25) is 0 Å². The maximum Gasteiger partial charge on any atom is 0.184 e. The van der Waals surface area contributed by atoms with Gasteiger partial charge in [-0.15, -0.1) is 0 Å². The van der Waals surface area contributed by atoms with Crippen molar-refractivity contribution in [2.45, 2.75) is 97.9 Å². The zero-order valence-electron chi connectivity index (χ0n) is 18.7. The van der Waals surface area contributed by atoms with Crippen molar-refractivity contribution in [2.24, 2.45) is 34.5 Å². The molecule has 0 saturated heterocycles. The summed E-state index contributed by atoms with van der Waals surface area (Å²) in [5, 5.41) is 0. The summed E-state index contributed by atoms with van der Waals surface area (Å²) in [7, 11) is -1.58. The first kappa shape index (κ1) is 19.9. The highest BCUT2D eigenvalue weighted by Crippen LogP contribution is 2.69. The summed E-state index contributed by atoms with van der Waals surface area (Å²) in [6.45, 7) is 17.0. The van der Waals surface area contributed by atoms with Crippen molar-refractivity contribution in [1.29, 1.82) is 0 Å². The number of rotatable bonds is 2. The third kappa shape index (κ3) is 2.86. The SMILES string of the molecule is CC1CC2=CC(=O)CCC2(C)C2CCC3(C)C(CC[C@@]3(C)O[Si](C)(C)C)C12. The van der Waals surface area contributed by atoms with E-state index in [1.54, 1.807) is 0 Å². The summed E-state index contributed by atoms with van der Waals surface area (Å²) >= 11 is 0. The molecule has 6 unspecified atom stereocenters. The van der Waals surface area contributed by atoms with Gasteiger partial charge in [0.1, 0.15) is 0 Å². The molecule has 0 aromatic heterocycles. The van der Waals surface area contributed by atoms with E-state index in [4.69, 9.17) is 4.43 Å². The van der Waals surface area contributed by atoms with Gasteiger partial charge in [-0.2, -0.15) is 0 Å². The lowest BCUT2D eigenvalue weighted by atomic mass is 9.44. The van der Waals surface area contributed by atoms with E-state index in [1.807, 2.05) is 6.08 Å². The molecular weight excluding hydrogens is 348 g/mol. The van der Waals surface area contributed by atoms with E-state index in [0.29, 0.717) is 17.1 Å². The van der Waals surface area contributed by atoms with Crippen LogP contribution < -0.4 is 0 Å². The highest BCUT2D eigenvalue weighted by molar-refractivity contribution is 6.69. The largest absolute Gasteiger partial charge is 0.412 e. The first-order valence-corrected chi connectivity index (χ1v) is 14.7. The Morgan fingerprint density at radius 2 is 1.70 bits per heavy atom. The van der Waals surface area contributed by atoms with E-state index < -0.39 is 8.32 Å². The third-order valence-corrected chi connectivity index (χ3v) is 10.4. The molecule has 0 radical (unpaired) electrons. The van der Waals surface area contributed by atoms with Crippen molar-refractivity contribution in [1.82, 2.24) is 0 Å². The number of ketones is 1. The van der Waals surface area contributed by atoms with Crippen LogP contribution in [0.25, 0.3) is 0 Å². The number of fused-ring (bicyclic) bond motifs is 5. The Hall–Kier alpha value is -0.413. The van der Waals surface area contributed by atoms with Gasteiger partial charge < -0.3 is 4.43 Å². The second-order valence-electron chi connectivity index (χ2n) is 12.0. The minimum atomic E-state index is -1.58. The van der Waals surface area contributed by atoms with Crippen LogP contribution >= 0.6 is 0 Å². The van der Waals surface area contributed by atoms with Crippen LogP contribution in [0.5, 0.6) is 0 Å². The third-order valence-electron chi connectivity index (χ3n) is 9.37. The minimum Gasteiger partial charge on any atom is -0.412 e. The molecule has 2 nitrogen and oxygen atoms in total. The average Bonchev–Trinajstić information content (AvgIpc) is 2.79. The molecule has 0 aliphatic heterocycles. The van der Waals surface area contributed by atoms with Crippen molar-refractivity contribution in [3.63, 3.8) is 0 Å². The molecule has 4 aliphatic rings. The van der Waals surface area contributed by atoms with Crippen LogP contribution in [-0.2, 0) is 9.22 Å². The second-order valence-corrected chi connectivity index (χ2v) is 16.4. The maximum absolute atomic E-state index is 12.1. The second kappa shape index (κ2) is 6.04. The lowest BCUT2D eigenvalue weighted by molar-refractivity contribution is -0.127. The van der Waals surface area contributed by atoms with Gasteiger partial charge in [-0.1, -0.05) is 26.3 Å². The van der Waals surface area contributed by atoms with Gasteiger partial charge in [-0.05, 0) is 106 Å². The van der Waals surface area contributed by atoms with Gasteiger partial charge in [-0.3, -0.25) is 4.79 Å². The van der Waals surface area contributed by atoms with Crippen LogP contribution in [0.3, 0.4) is 0 Å². The Kier molecular flexibility index (Phi) is 4.45.